The Morgan fingerprint density at radius 1 is 1.16 bits per heavy atom. The molecule has 0 aliphatic carbocycles. The van der Waals surface area contributed by atoms with Crippen LogP contribution in [0.5, 0.6) is 0 Å². The van der Waals surface area contributed by atoms with E-state index in [4.69, 9.17) is 15.2 Å². The molecule has 4 nitrogen and oxygen atoms in total. The van der Waals surface area contributed by atoms with Crippen LogP contribution >= 0.6 is 0 Å². The van der Waals surface area contributed by atoms with Gasteiger partial charge in [0.05, 0.1) is 0 Å². The summed E-state index contributed by atoms with van der Waals surface area (Å²) in [6.07, 6.45) is 3.24. The van der Waals surface area contributed by atoms with Crippen LogP contribution in [0.3, 0.4) is 0 Å². The molecule has 1 rings (SSSR count). The minimum absolute atomic E-state index is 0.145. The monoisotopic (exact) mass is 272 g/mol. The van der Waals surface area contributed by atoms with Gasteiger partial charge in [-0.3, -0.25) is 4.90 Å². The minimum atomic E-state index is -0.145. The number of rotatable bonds is 6. The van der Waals surface area contributed by atoms with Crippen molar-refractivity contribution in [2.45, 2.75) is 52.4 Å². The SMILES string of the molecule is COC(CC(CN)N1CCC(C(C)(C)C)CC1)OC. The van der Waals surface area contributed by atoms with E-state index in [2.05, 4.69) is 25.7 Å². The highest BCUT2D eigenvalue weighted by Crippen LogP contribution is 2.34. The number of hydrogen-bond acceptors (Lipinski definition) is 4. The molecule has 0 saturated carbocycles. The molecule has 0 aromatic heterocycles. The van der Waals surface area contributed by atoms with Crippen molar-refractivity contribution >= 4 is 0 Å². The van der Waals surface area contributed by atoms with Crippen LogP contribution < -0.4 is 5.73 Å². The lowest BCUT2D eigenvalue weighted by atomic mass is 9.75. The van der Waals surface area contributed by atoms with E-state index in [1.807, 2.05) is 0 Å². The van der Waals surface area contributed by atoms with Gasteiger partial charge in [-0.05, 0) is 37.3 Å². The Hall–Kier alpha value is -0.160. The molecule has 1 atom stereocenters. The Morgan fingerprint density at radius 3 is 2.05 bits per heavy atom. The molecule has 1 aliphatic heterocycles. The van der Waals surface area contributed by atoms with Crippen LogP contribution in [0.4, 0.5) is 0 Å². The van der Waals surface area contributed by atoms with Crippen molar-refractivity contribution in [1.82, 2.24) is 4.90 Å². The van der Waals surface area contributed by atoms with Gasteiger partial charge in [0.1, 0.15) is 0 Å². The topological polar surface area (TPSA) is 47.7 Å². The number of piperidine rings is 1. The molecular formula is C15H32N2O2. The molecule has 1 fully saturated rings. The second-order valence-electron chi connectivity index (χ2n) is 6.70. The number of hydrogen-bond donors (Lipinski definition) is 1. The standard InChI is InChI=1S/C15H32N2O2/c1-15(2,3)12-6-8-17(9-7-12)13(11-16)10-14(18-4)19-5/h12-14H,6-11,16H2,1-5H3. The zero-order chi connectivity index (χ0) is 14.5. The second-order valence-corrected chi connectivity index (χ2v) is 6.70. The van der Waals surface area contributed by atoms with E-state index in [0.29, 0.717) is 18.0 Å². The maximum atomic E-state index is 5.93. The molecule has 19 heavy (non-hydrogen) atoms. The van der Waals surface area contributed by atoms with Gasteiger partial charge in [0.25, 0.3) is 0 Å². The van der Waals surface area contributed by atoms with Gasteiger partial charge in [0.2, 0.25) is 0 Å². The summed E-state index contributed by atoms with van der Waals surface area (Å²) in [5.74, 6) is 0.822. The number of nitrogens with two attached hydrogens (primary N) is 1. The van der Waals surface area contributed by atoms with Crippen molar-refractivity contribution in [3.8, 4) is 0 Å². The number of ether oxygens (including phenoxy) is 2. The molecule has 1 aliphatic rings. The van der Waals surface area contributed by atoms with Crippen LogP contribution in [0.25, 0.3) is 0 Å². The highest BCUT2D eigenvalue weighted by atomic mass is 16.7. The Balaban J connectivity index is 2.47. The first kappa shape index (κ1) is 16.9. The molecule has 2 N–H and O–H groups in total. The van der Waals surface area contributed by atoms with Gasteiger partial charge in [-0.15, -0.1) is 0 Å². The lowest BCUT2D eigenvalue weighted by molar-refractivity contribution is -0.118. The summed E-state index contributed by atoms with van der Waals surface area (Å²) in [5.41, 5.74) is 6.35. The summed E-state index contributed by atoms with van der Waals surface area (Å²) >= 11 is 0. The predicted octanol–water partition coefficient (Wildman–Crippen LogP) is 2.08. The zero-order valence-electron chi connectivity index (χ0n) is 13.3. The molecule has 0 aromatic rings. The maximum Gasteiger partial charge on any atom is 0.158 e. The molecular weight excluding hydrogens is 240 g/mol. The van der Waals surface area contributed by atoms with Crippen molar-refractivity contribution in [1.29, 1.82) is 0 Å². The van der Waals surface area contributed by atoms with E-state index in [-0.39, 0.29) is 6.29 Å². The second kappa shape index (κ2) is 7.58. The van der Waals surface area contributed by atoms with Gasteiger partial charge in [-0.25, -0.2) is 0 Å². The highest BCUT2D eigenvalue weighted by molar-refractivity contribution is 4.84. The van der Waals surface area contributed by atoms with Gasteiger partial charge in [0, 0.05) is 33.2 Å². The van der Waals surface area contributed by atoms with Crippen LogP contribution in [0.1, 0.15) is 40.0 Å². The van der Waals surface area contributed by atoms with Crippen LogP contribution in [0.2, 0.25) is 0 Å². The van der Waals surface area contributed by atoms with E-state index in [1.165, 1.54) is 12.8 Å². The Bertz CT molecular complexity index is 241. The molecule has 4 heteroatoms. The van der Waals surface area contributed by atoms with Gasteiger partial charge >= 0.3 is 0 Å². The third-order valence-electron chi connectivity index (χ3n) is 4.53. The average molecular weight is 272 g/mol. The van der Waals surface area contributed by atoms with E-state index in [9.17, 15) is 0 Å². The van der Waals surface area contributed by atoms with Crippen molar-refractivity contribution < 1.29 is 9.47 Å². The van der Waals surface area contributed by atoms with Crippen LogP contribution in [0.15, 0.2) is 0 Å². The van der Waals surface area contributed by atoms with Gasteiger partial charge in [-0.1, -0.05) is 20.8 Å². The molecule has 0 bridgehead atoms. The number of nitrogens with zero attached hydrogens (tertiary/aromatic N) is 1. The maximum absolute atomic E-state index is 5.93. The molecule has 1 heterocycles. The molecule has 1 saturated heterocycles. The van der Waals surface area contributed by atoms with Crippen LogP contribution in [-0.2, 0) is 9.47 Å². The minimum Gasteiger partial charge on any atom is -0.356 e. The Labute approximate surface area is 118 Å². The van der Waals surface area contributed by atoms with Crippen molar-refractivity contribution in [3.63, 3.8) is 0 Å². The van der Waals surface area contributed by atoms with Crippen molar-refractivity contribution in [2.75, 3.05) is 33.9 Å². The van der Waals surface area contributed by atoms with Gasteiger partial charge in [-0.2, -0.15) is 0 Å². The van der Waals surface area contributed by atoms with Gasteiger partial charge < -0.3 is 15.2 Å². The third kappa shape index (κ3) is 5.03. The quantitative estimate of drug-likeness (QED) is 0.752. The highest BCUT2D eigenvalue weighted by Gasteiger charge is 2.31. The summed E-state index contributed by atoms with van der Waals surface area (Å²) in [6, 6.07) is 0.366. The van der Waals surface area contributed by atoms with E-state index >= 15 is 0 Å². The molecule has 0 radical (unpaired) electrons. The Kier molecular flexibility index (Phi) is 6.74. The predicted molar refractivity (Wildman–Crippen MR) is 79.0 cm³/mol. The van der Waals surface area contributed by atoms with E-state index in [1.54, 1.807) is 14.2 Å². The zero-order valence-corrected chi connectivity index (χ0v) is 13.3. The largest absolute Gasteiger partial charge is 0.356 e. The third-order valence-corrected chi connectivity index (χ3v) is 4.53. The molecule has 1 unspecified atom stereocenters. The molecule has 0 aromatic carbocycles. The van der Waals surface area contributed by atoms with Crippen LogP contribution in [0, 0.1) is 11.3 Å². The fourth-order valence-electron chi connectivity index (χ4n) is 3.04. The first-order chi connectivity index (χ1) is 8.92. The summed E-state index contributed by atoms with van der Waals surface area (Å²) < 4.78 is 10.6. The fourth-order valence-corrected chi connectivity index (χ4v) is 3.04. The first-order valence-corrected chi connectivity index (χ1v) is 7.42. The summed E-state index contributed by atoms with van der Waals surface area (Å²) in [7, 11) is 3.38. The lowest BCUT2D eigenvalue weighted by Crippen LogP contribution is -2.48. The summed E-state index contributed by atoms with van der Waals surface area (Å²) in [4.78, 5) is 2.51. The fraction of sp³-hybridized carbons (Fsp3) is 1.00. The molecule has 0 amide bonds. The number of methoxy groups -OCH3 is 2. The van der Waals surface area contributed by atoms with Crippen molar-refractivity contribution in [3.05, 3.63) is 0 Å². The average Bonchev–Trinajstić information content (AvgIpc) is 2.39. The smallest absolute Gasteiger partial charge is 0.158 e. The van der Waals surface area contributed by atoms with E-state index in [0.717, 1.165) is 25.4 Å². The van der Waals surface area contributed by atoms with E-state index < -0.39 is 0 Å². The Morgan fingerprint density at radius 2 is 1.68 bits per heavy atom. The summed E-state index contributed by atoms with van der Waals surface area (Å²) in [5, 5.41) is 0. The molecule has 114 valence electrons. The summed E-state index contributed by atoms with van der Waals surface area (Å²) in [6.45, 7) is 10.00. The van der Waals surface area contributed by atoms with Crippen molar-refractivity contribution in [2.24, 2.45) is 17.1 Å². The first-order valence-electron chi connectivity index (χ1n) is 7.42. The lowest BCUT2D eigenvalue weighted by Gasteiger charge is -2.42. The van der Waals surface area contributed by atoms with Crippen LogP contribution in [-0.4, -0.2) is 51.1 Å². The normalized spacial score (nSPS) is 21.0. The van der Waals surface area contributed by atoms with Gasteiger partial charge in [0.15, 0.2) is 6.29 Å². The molecule has 0 spiro atoms. The number of likely N-dealkylation sites (tertiary alicyclic amines) is 1.